The van der Waals surface area contributed by atoms with Crippen LogP contribution in [0, 0.1) is 12.3 Å². The number of aryl methyl sites for hydroxylation is 1. The molecule has 0 spiro atoms. The molecule has 0 unspecified atom stereocenters. The lowest BCUT2D eigenvalue weighted by Crippen LogP contribution is -2.19. The molecular formula is C10H13ClN2. The lowest BCUT2D eigenvalue weighted by atomic mass is 9.91. The SMILES string of the molecule is C#CC(C)(C)c1c(Cl)ncn1CC. The van der Waals surface area contributed by atoms with Gasteiger partial charge >= 0.3 is 0 Å². The fraction of sp³-hybridized carbons (Fsp3) is 0.500. The Labute approximate surface area is 83.9 Å². The number of aromatic nitrogens is 2. The Morgan fingerprint density at radius 1 is 1.69 bits per heavy atom. The molecule has 13 heavy (non-hydrogen) atoms. The lowest BCUT2D eigenvalue weighted by molar-refractivity contribution is 0.597. The molecule has 0 aliphatic rings. The van der Waals surface area contributed by atoms with Crippen LogP contribution in [0.5, 0.6) is 0 Å². The van der Waals surface area contributed by atoms with Gasteiger partial charge in [0.25, 0.3) is 0 Å². The molecule has 1 heterocycles. The highest BCUT2D eigenvalue weighted by Crippen LogP contribution is 2.28. The van der Waals surface area contributed by atoms with Crippen LogP contribution in [0.2, 0.25) is 5.15 Å². The highest BCUT2D eigenvalue weighted by Gasteiger charge is 2.25. The predicted molar refractivity (Wildman–Crippen MR) is 54.8 cm³/mol. The first-order chi connectivity index (χ1) is 6.03. The summed E-state index contributed by atoms with van der Waals surface area (Å²) in [6, 6.07) is 0. The van der Waals surface area contributed by atoms with E-state index in [0.717, 1.165) is 12.2 Å². The van der Waals surface area contributed by atoms with Gasteiger partial charge in [0.15, 0.2) is 5.15 Å². The van der Waals surface area contributed by atoms with Crippen molar-refractivity contribution in [3.63, 3.8) is 0 Å². The van der Waals surface area contributed by atoms with Gasteiger partial charge in [0.1, 0.15) is 0 Å². The fourth-order valence-electron chi connectivity index (χ4n) is 1.28. The van der Waals surface area contributed by atoms with Gasteiger partial charge in [0.05, 0.1) is 17.4 Å². The van der Waals surface area contributed by atoms with Crippen molar-refractivity contribution in [1.82, 2.24) is 9.55 Å². The highest BCUT2D eigenvalue weighted by atomic mass is 35.5. The van der Waals surface area contributed by atoms with Gasteiger partial charge in [-0.05, 0) is 20.8 Å². The second kappa shape index (κ2) is 3.43. The summed E-state index contributed by atoms with van der Waals surface area (Å²) in [5.41, 5.74) is 0.558. The van der Waals surface area contributed by atoms with Gasteiger partial charge in [-0.25, -0.2) is 4.98 Å². The molecule has 2 nitrogen and oxygen atoms in total. The van der Waals surface area contributed by atoms with Crippen LogP contribution in [-0.4, -0.2) is 9.55 Å². The van der Waals surface area contributed by atoms with Crippen molar-refractivity contribution in [3.8, 4) is 12.3 Å². The Balaban J connectivity index is 3.28. The van der Waals surface area contributed by atoms with Gasteiger partial charge in [-0.2, -0.15) is 0 Å². The van der Waals surface area contributed by atoms with E-state index in [1.807, 2.05) is 25.3 Å². The summed E-state index contributed by atoms with van der Waals surface area (Å²) in [6.45, 7) is 6.79. The third-order valence-corrected chi connectivity index (χ3v) is 2.36. The van der Waals surface area contributed by atoms with Crippen LogP contribution >= 0.6 is 11.6 Å². The minimum atomic E-state index is -0.358. The van der Waals surface area contributed by atoms with Crippen LogP contribution in [0.25, 0.3) is 0 Å². The van der Waals surface area contributed by atoms with Gasteiger partial charge in [0.2, 0.25) is 0 Å². The van der Waals surface area contributed by atoms with E-state index in [-0.39, 0.29) is 5.41 Å². The number of imidazole rings is 1. The second-order valence-corrected chi connectivity index (χ2v) is 3.80. The van der Waals surface area contributed by atoms with Crippen LogP contribution < -0.4 is 0 Å². The Kier molecular flexibility index (Phi) is 2.68. The van der Waals surface area contributed by atoms with Crippen LogP contribution in [-0.2, 0) is 12.0 Å². The van der Waals surface area contributed by atoms with Crippen LogP contribution in [0.3, 0.4) is 0 Å². The van der Waals surface area contributed by atoms with Crippen LogP contribution in [0.4, 0.5) is 0 Å². The fourth-order valence-corrected chi connectivity index (χ4v) is 1.67. The third-order valence-electron chi connectivity index (χ3n) is 2.09. The summed E-state index contributed by atoms with van der Waals surface area (Å²) in [5, 5.41) is 0.504. The number of hydrogen-bond donors (Lipinski definition) is 0. The largest absolute Gasteiger partial charge is 0.332 e. The summed E-state index contributed by atoms with van der Waals surface area (Å²) in [4.78, 5) is 4.03. The molecular weight excluding hydrogens is 184 g/mol. The first-order valence-electron chi connectivity index (χ1n) is 4.21. The Morgan fingerprint density at radius 3 is 2.77 bits per heavy atom. The average Bonchev–Trinajstić information content (AvgIpc) is 2.47. The zero-order valence-electron chi connectivity index (χ0n) is 8.13. The van der Waals surface area contributed by atoms with Crippen molar-refractivity contribution < 1.29 is 0 Å². The van der Waals surface area contributed by atoms with Gasteiger partial charge in [0, 0.05) is 6.54 Å². The number of rotatable bonds is 2. The highest BCUT2D eigenvalue weighted by molar-refractivity contribution is 6.30. The lowest BCUT2D eigenvalue weighted by Gasteiger charge is -2.19. The van der Waals surface area contributed by atoms with Gasteiger partial charge in [-0.3, -0.25) is 0 Å². The van der Waals surface area contributed by atoms with Gasteiger partial charge in [-0.15, -0.1) is 6.42 Å². The van der Waals surface area contributed by atoms with Crippen molar-refractivity contribution >= 4 is 11.6 Å². The quantitative estimate of drug-likeness (QED) is 0.665. The third kappa shape index (κ3) is 1.71. The molecule has 0 saturated heterocycles. The standard InChI is InChI=1S/C10H13ClN2/c1-5-10(3,4)8-9(11)12-7-13(8)6-2/h1,7H,6H2,2-4H3. The molecule has 1 aromatic heterocycles. The Morgan fingerprint density at radius 2 is 2.31 bits per heavy atom. The van der Waals surface area contributed by atoms with Crippen molar-refractivity contribution in [2.75, 3.05) is 0 Å². The van der Waals surface area contributed by atoms with Crippen LogP contribution in [0.15, 0.2) is 6.33 Å². The maximum absolute atomic E-state index is 5.96. The van der Waals surface area contributed by atoms with E-state index in [2.05, 4.69) is 10.9 Å². The molecule has 70 valence electrons. The molecule has 0 bridgehead atoms. The number of halogens is 1. The Bertz CT molecular complexity index is 344. The topological polar surface area (TPSA) is 17.8 Å². The summed E-state index contributed by atoms with van der Waals surface area (Å²) in [5.74, 6) is 2.71. The van der Waals surface area contributed by atoms with Gasteiger partial charge < -0.3 is 4.57 Å². The summed E-state index contributed by atoms with van der Waals surface area (Å²) >= 11 is 5.96. The number of terminal acetylenes is 1. The maximum atomic E-state index is 5.96. The van der Waals surface area contributed by atoms with E-state index in [4.69, 9.17) is 18.0 Å². The monoisotopic (exact) mass is 196 g/mol. The first kappa shape index (κ1) is 10.1. The van der Waals surface area contributed by atoms with E-state index in [0.29, 0.717) is 5.15 Å². The molecule has 3 heteroatoms. The molecule has 0 aliphatic heterocycles. The van der Waals surface area contributed by atoms with Crippen molar-refractivity contribution in [1.29, 1.82) is 0 Å². The molecule has 0 amide bonds. The Hall–Kier alpha value is -0.940. The molecule has 0 fully saturated rings. The summed E-state index contributed by atoms with van der Waals surface area (Å²) < 4.78 is 1.97. The first-order valence-corrected chi connectivity index (χ1v) is 4.59. The average molecular weight is 197 g/mol. The molecule has 1 aromatic rings. The smallest absolute Gasteiger partial charge is 0.151 e. The summed E-state index contributed by atoms with van der Waals surface area (Å²) in [7, 11) is 0. The summed E-state index contributed by atoms with van der Waals surface area (Å²) in [6.07, 6.45) is 7.16. The minimum absolute atomic E-state index is 0.358. The zero-order valence-corrected chi connectivity index (χ0v) is 8.89. The molecule has 0 aliphatic carbocycles. The number of nitrogens with zero attached hydrogens (tertiary/aromatic N) is 2. The van der Waals surface area contributed by atoms with E-state index in [1.54, 1.807) is 6.33 Å². The molecule has 0 atom stereocenters. The van der Waals surface area contributed by atoms with E-state index < -0.39 is 0 Å². The zero-order chi connectivity index (χ0) is 10.1. The number of hydrogen-bond acceptors (Lipinski definition) is 1. The van der Waals surface area contributed by atoms with Crippen molar-refractivity contribution in [3.05, 3.63) is 17.2 Å². The van der Waals surface area contributed by atoms with Gasteiger partial charge in [-0.1, -0.05) is 17.5 Å². The minimum Gasteiger partial charge on any atom is -0.332 e. The second-order valence-electron chi connectivity index (χ2n) is 3.44. The predicted octanol–water partition coefficient (Wildman–Crippen LogP) is 2.47. The molecule has 0 N–H and O–H groups in total. The van der Waals surface area contributed by atoms with Crippen molar-refractivity contribution in [2.45, 2.75) is 32.7 Å². The molecule has 1 rings (SSSR count). The van der Waals surface area contributed by atoms with E-state index in [9.17, 15) is 0 Å². The molecule has 0 aromatic carbocycles. The van der Waals surface area contributed by atoms with Crippen molar-refractivity contribution in [2.24, 2.45) is 0 Å². The maximum Gasteiger partial charge on any atom is 0.151 e. The molecule has 0 radical (unpaired) electrons. The normalized spacial score (nSPS) is 11.3. The van der Waals surface area contributed by atoms with E-state index in [1.165, 1.54) is 0 Å². The van der Waals surface area contributed by atoms with E-state index >= 15 is 0 Å². The molecule has 0 saturated carbocycles. The van der Waals surface area contributed by atoms with Crippen LogP contribution in [0.1, 0.15) is 26.5 Å².